The molecule has 33 heavy (non-hydrogen) atoms. The van der Waals surface area contributed by atoms with E-state index in [1.54, 1.807) is 0 Å². The van der Waals surface area contributed by atoms with E-state index in [0.717, 1.165) is 29.4 Å². The number of carbonyl (C=O) groups excluding carboxylic acids is 1. The summed E-state index contributed by atoms with van der Waals surface area (Å²) in [5, 5.41) is 15.5. The third kappa shape index (κ3) is 4.71. The summed E-state index contributed by atoms with van der Waals surface area (Å²) in [5.74, 6) is 1.69. The highest BCUT2D eigenvalue weighted by molar-refractivity contribution is 7.09. The van der Waals surface area contributed by atoms with Gasteiger partial charge in [0.15, 0.2) is 0 Å². The number of piperazine rings is 1. The van der Waals surface area contributed by atoms with Crippen LogP contribution in [0.15, 0.2) is 44.7 Å². The van der Waals surface area contributed by atoms with Crippen molar-refractivity contribution < 1.29 is 13.7 Å². The summed E-state index contributed by atoms with van der Waals surface area (Å²) in [6.45, 7) is 7.16. The van der Waals surface area contributed by atoms with Crippen LogP contribution in [0.2, 0.25) is 0 Å². The van der Waals surface area contributed by atoms with Crippen LogP contribution in [0.1, 0.15) is 22.4 Å². The van der Waals surface area contributed by atoms with Crippen molar-refractivity contribution in [2.75, 3.05) is 26.2 Å². The molecule has 3 aromatic heterocycles. The number of thiazole rings is 1. The Morgan fingerprint density at radius 2 is 1.88 bits per heavy atom. The predicted molar refractivity (Wildman–Crippen MR) is 122 cm³/mol. The number of hydrogen-bond acceptors (Lipinski definition) is 9. The van der Waals surface area contributed by atoms with Crippen molar-refractivity contribution in [1.29, 1.82) is 0 Å². The number of hydrogen-bond donors (Lipinski definition) is 0. The summed E-state index contributed by atoms with van der Waals surface area (Å²) in [7, 11) is 0. The Morgan fingerprint density at radius 3 is 2.61 bits per heavy atom. The molecule has 1 aliphatic heterocycles. The molecule has 4 aromatic rings. The normalized spacial score (nSPS) is 14.7. The van der Waals surface area contributed by atoms with Crippen LogP contribution in [0.25, 0.3) is 22.7 Å². The third-order valence-corrected chi connectivity index (χ3v) is 6.61. The van der Waals surface area contributed by atoms with Crippen LogP contribution < -0.4 is 0 Å². The molecular weight excluding hydrogens is 440 g/mol. The molecule has 0 aliphatic carbocycles. The van der Waals surface area contributed by atoms with Crippen molar-refractivity contribution in [3.63, 3.8) is 0 Å². The second-order valence-electron chi connectivity index (χ2n) is 8.05. The van der Waals surface area contributed by atoms with Gasteiger partial charge in [0, 0.05) is 42.8 Å². The van der Waals surface area contributed by atoms with Gasteiger partial charge in [0.2, 0.25) is 11.8 Å². The molecule has 0 atom stereocenters. The van der Waals surface area contributed by atoms with Crippen molar-refractivity contribution in [3.05, 3.63) is 58.1 Å². The van der Waals surface area contributed by atoms with Gasteiger partial charge in [-0.05, 0) is 13.8 Å². The van der Waals surface area contributed by atoms with E-state index in [2.05, 4.69) is 25.2 Å². The minimum atomic E-state index is 0.125. The standard InChI is InChI=1S/C23H24N6O3S/c1-15-14-33-19(24-15)12-20(30)29-10-8-28(9-11-29)13-18-25-26-23(31-18)21-16(2)32-27-22(21)17-6-4-3-5-7-17/h3-7,14H,8-13H2,1-2H3. The van der Waals surface area contributed by atoms with Crippen LogP contribution in [-0.4, -0.2) is 62.2 Å². The second kappa shape index (κ2) is 9.24. The quantitative estimate of drug-likeness (QED) is 0.428. The molecular formula is C23H24N6O3S. The van der Waals surface area contributed by atoms with Gasteiger partial charge in [-0.2, -0.15) is 0 Å². The topological polar surface area (TPSA) is 101 Å². The summed E-state index contributed by atoms with van der Waals surface area (Å²) >= 11 is 1.54. The van der Waals surface area contributed by atoms with E-state index in [0.29, 0.717) is 54.9 Å². The summed E-state index contributed by atoms with van der Waals surface area (Å²) < 4.78 is 11.4. The van der Waals surface area contributed by atoms with Crippen LogP contribution in [0.5, 0.6) is 0 Å². The zero-order chi connectivity index (χ0) is 22.8. The van der Waals surface area contributed by atoms with Crippen molar-refractivity contribution in [2.24, 2.45) is 0 Å². The number of rotatable bonds is 6. The predicted octanol–water partition coefficient (Wildman–Crippen LogP) is 3.35. The van der Waals surface area contributed by atoms with Crippen LogP contribution >= 0.6 is 11.3 Å². The molecule has 9 nitrogen and oxygen atoms in total. The Morgan fingerprint density at radius 1 is 1.09 bits per heavy atom. The van der Waals surface area contributed by atoms with Crippen LogP contribution in [0, 0.1) is 13.8 Å². The molecule has 5 rings (SSSR count). The Hall–Kier alpha value is -3.37. The molecule has 1 fully saturated rings. The lowest BCUT2D eigenvalue weighted by molar-refractivity contribution is -0.132. The van der Waals surface area contributed by atoms with E-state index >= 15 is 0 Å². The van der Waals surface area contributed by atoms with E-state index in [1.807, 2.05) is 54.5 Å². The molecule has 10 heteroatoms. The first-order valence-electron chi connectivity index (χ1n) is 10.8. The summed E-state index contributed by atoms with van der Waals surface area (Å²) in [6, 6.07) is 9.78. The van der Waals surface area contributed by atoms with Gasteiger partial charge in [-0.1, -0.05) is 35.5 Å². The van der Waals surface area contributed by atoms with Crippen molar-refractivity contribution >= 4 is 17.2 Å². The first kappa shape index (κ1) is 21.5. The molecule has 1 aromatic carbocycles. The van der Waals surface area contributed by atoms with E-state index in [-0.39, 0.29) is 5.91 Å². The van der Waals surface area contributed by atoms with E-state index < -0.39 is 0 Å². The minimum Gasteiger partial charge on any atom is -0.419 e. The molecule has 1 saturated heterocycles. The summed E-state index contributed by atoms with van der Waals surface area (Å²) in [6.07, 6.45) is 0.368. The molecule has 0 saturated carbocycles. The fourth-order valence-corrected chi connectivity index (χ4v) is 4.67. The molecule has 1 amide bonds. The van der Waals surface area contributed by atoms with Crippen LogP contribution in [0.4, 0.5) is 0 Å². The van der Waals surface area contributed by atoms with E-state index in [9.17, 15) is 4.79 Å². The Bertz CT molecular complexity index is 1240. The molecule has 1 aliphatic rings. The summed E-state index contributed by atoms with van der Waals surface area (Å²) in [5.41, 5.74) is 3.29. The number of aromatic nitrogens is 4. The molecule has 4 heterocycles. The average molecular weight is 465 g/mol. The van der Waals surface area contributed by atoms with Gasteiger partial charge in [-0.3, -0.25) is 9.69 Å². The van der Waals surface area contributed by atoms with Gasteiger partial charge in [0.1, 0.15) is 22.0 Å². The maximum absolute atomic E-state index is 12.6. The van der Waals surface area contributed by atoms with Crippen LogP contribution in [-0.2, 0) is 17.8 Å². The van der Waals surface area contributed by atoms with Gasteiger partial charge >= 0.3 is 0 Å². The Labute approximate surface area is 195 Å². The number of carbonyl (C=O) groups is 1. The largest absolute Gasteiger partial charge is 0.419 e. The van der Waals surface area contributed by atoms with Crippen molar-refractivity contribution in [3.8, 4) is 22.7 Å². The molecule has 0 spiro atoms. The molecule has 0 unspecified atom stereocenters. The van der Waals surface area contributed by atoms with E-state index in [4.69, 9.17) is 8.94 Å². The third-order valence-electron chi connectivity index (χ3n) is 5.64. The molecule has 170 valence electrons. The van der Waals surface area contributed by atoms with Gasteiger partial charge in [-0.15, -0.1) is 21.5 Å². The lowest BCUT2D eigenvalue weighted by Gasteiger charge is -2.33. The average Bonchev–Trinajstić information content (AvgIpc) is 3.55. The SMILES string of the molecule is Cc1csc(CC(=O)N2CCN(Cc3nnc(-c4c(-c5ccccc5)noc4C)o3)CC2)n1. The number of nitrogens with zero attached hydrogens (tertiary/aromatic N) is 6. The monoisotopic (exact) mass is 464 g/mol. The van der Waals surface area contributed by atoms with Gasteiger partial charge in [0.05, 0.1) is 13.0 Å². The molecule has 0 N–H and O–H groups in total. The van der Waals surface area contributed by atoms with Crippen LogP contribution in [0.3, 0.4) is 0 Å². The fourth-order valence-electron chi connectivity index (χ4n) is 3.91. The maximum atomic E-state index is 12.6. The molecule has 0 radical (unpaired) electrons. The first-order valence-corrected chi connectivity index (χ1v) is 11.7. The summed E-state index contributed by atoms with van der Waals surface area (Å²) in [4.78, 5) is 21.1. The van der Waals surface area contributed by atoms with Gasteiger partial charge < -0.3 is 13.8 Å². The highest BCUT2D eigenvalue weighted by Gasteiger charge is 2.25. The lowest BCUT2D eigenvalue weighted by Crippen LogP contribution is -2.48. The lowest BCUT2D eigenvalue weighted by atomic mass is 10.1. The minimum absolute atomic E-state index is 0.125. The number of aryl methyl sites for hydroxylation is 2. The van der Waals surface area contributed by atoms with Crippen molar-refractivity contribution in [1.82, 2.24) is 30.1 Å². The zero-order valence-electron chi connectivity index (χ0n) is 18.5. The Balaban J connectivity index is 1.21. The second-order valence-corrected chi connectivity index (χ2v) is 8.99. The number of amides is 1. The van der Waals surface area contributed by atoms with Crippen molar-refractivity contribution in [2.45, 2.75) is 26.8 Å². The first-order chi connectivity index (χ1) is 16.1. The smallest absolute Gasteiger partial charge is 0.253 e. The number of benzene rings is 1. The highest BCUT2D eigenvalue weighted by Crippen LogP contribution is 2.33. The van der Waals surface area contributed by atoms with E-state index in [1.165, 1.54) is 11.3 Å². The van der Waals surface area contributed by atoms with Gasteiger partial charge in [0.25, 0.3) is 5.89 Å². The fraction of sp³-hybridized carbons (Fsp3) is 0.348. The Kier molecular flexibility index (Phi) is 6.01. The molecule has 0 bridgehead atoms. The highest BCUT2D eigenvalue weighted by atomic mass is 32.1. The zero-order valence-corrected chi connectivity index (χ0v) is 19.3. The maximum Gasteiger partial charge on any atom is 0.253 e. The van der Waals surface area contributed by atoms with Gasteiger partial charge in [-0.25, -0.2) is 4.98 Å².